The summed E-state index contributed by atoms with van der Waals surface area (Å²) in [6.07, 6.45) is 0. The van der Waals surface area contributed by atoms with E-state index in [9.17, 15) is 29.4 Å². The van der Waals surface area contributed by atoms with Gasteiger partial charge in [0.05, 0.1) is 67.6 Å². The van der Waals surface area contributed by atoms with Crippen LogP contribution in [0.4, 0.5) is 0 Å². The van der Waals surface area contributed by atoms with Gasteiger partial charge in [0.25, 0.3) is 23.6 Å². The fourth-order valence-electron chi connectivity index (χ4n) is 7.28. The Kier molecular flexibility index (Phi) is 9.50. The Balaban J connectivity index is 0.00000225. The third kappa shape index (κ3) is 5.39. The second kappa shape index (κ2) is 12.7. The number of amides is 4. The van der Waals surface area contributed by atoms with Crippen LogP contribution in [0.15, 0.2) is 48.5 Å². The summed E-state index contributed by atoms with van der Waals surface area (Å²) in [4.78, 5) is 57.8. The van der Waals surface area contributed by atoms with Gasteiger partial charge in [-0.2, -0.15) is 0 Å². The Labute approximate surface area is 299 Å². The first kappa shape index (κ1) is 35.8. The molecule has 0 aliphatic carbocycles. The van der Waals surface area contributed by atoms with Crippen molar-refractivity contribution in [1.82, 2.24) is 9.80 Å². The number of quaternary nitrogens is 2. The van der Waals surface area contributed by atoms with E-state index in [-0.39, 0.29) is 83.9 Å². The molecule has 0 aromatic heterocycles. The summed E-state index contributed by atoms with van der Waals surface area (Å²) in [5, 5.41) is 25.2. The number of carbonyl (C=O) groups is 4. The molecule has 0 bridgehead atoms. The van der Waals surface area contributed by atoms with Crippen molar-refractivity contribution in [2.75, 3.05) is 80.7 Å². The van der Waals surface area contributed by atoms with Crippen LogP contribution in [-0.4, -0.2) is 133 Å². The van der Waals surface area contributed by atoms with E-state index in [0.717, 1.165) is 32.3 Å². The number of fused-ring (bicyclic) bond motifs is 2. The van der Waals surface area contributed by atoms with Gasteiger partial charge in [0.2, 0.25) is 0 Å². The summed E-state index contributed by atoms with van der Waals surface area (Å²) in [7, 11) is 7.83. The molecule has 2 N–H and O–H groups in total. The Hall–Kier alpha value is -3.52. The Morgan fingerprint density at radius 3 is 0.979 bits per heavy atom. The van der Waals surface area contributed by atoms with E-state index < -0.39 is 0 Å². The van der Waals surface area contributed by atoms with Crippen molar-refractivity contribution in [1.29, 1.82) is 0 Å². The minimum atomic E-state index is -0.335. The topological polar surface area (TPSA) is 115 Å². The maximum absolute atomic E-state index is 13.8. The highest BCUT2D eigenvalue weighted by atomic mass is 79.9. The van der Waals surface area contributed by atoms with Crippen molar-refractivity contribution in [2.45, 2.75) is 0 Å². The Bertz CT molecular complexity index is 1880. The second-order valence-corrected chi connectivity index (χ2v) is 13.9. The molecule has 0 saturated carbocycles. The van der Waals surface area contributed by atoms with Crippen LogP contribution < -0.4 is 34.0 Å². The van der Waals surface area contributed by atoms with Crippen LogP contribution in [0.5, 0.6) is 0 Å². The zero-order chi connectivity index (χ0) is 32.7. The molecule has 48 heavy (non-hydrogen) atoms. The molecule has 12 heteroatoms. The lowest BCUT2D eigenvalue weighted by molar-refractivity contribution is -0.889. The largest absolute Gasteiger partial charge is 1.00 e. The molecule has 4 amide bonds. The van der Waals surface area contributed by atoms with Gasteiger partial charge in [0.15, 0.2) is 0 Å². The van der Waals surface area contributed by atoms with Crippen molar-refractivity contribution in [3.63, 3.8) is 0 Å². The quantitative estimate of drug-likeness (QED) is 0.0680. The van der Waals surface area contributed by atoms with E-state index >= 15 is 0 Å². The number of aliphatic hydroxyl groups is 2. The molecule has 10 nitrogen and oxygen atoms in total. The third-order valence-electron chi connectivity index (χ3n) is 10.1. The number of nitrogens with zero attached hydrogens (tertiary/aromatic N) is 4. The highest BCUT2D eigenvalue weighted by molar-refractivity contribution is 6.41. The summed E-state index contributed by atoms with van der Waals surface area (Å²) >= 11 is 0. The maximum Gasteiger partial charge on any atom is 0.261 e. The number of hydrogen-bond donors (Lipinski definition) is 2. The van der Waals surface area contributed by atoms with E-state index in [1.54, 1.807) is 24.3 Å². The molecular formula is C36H38Br2N4O6. The lowest BCUT2D eigenvalue weighted by Crippen LogP contribution is -3.00. The fourth-order valence-corrected chi connectivity index (χ4v) is 7.28. The molecule has 0 saturated heterocycles. The molecule has 252 valence electrons. The van der Waals surface area contributed by atoms with Gasteiger partial charge in [-0.15, -0.1) is 0 Å². The first-order chi connectivity index (χ1) is 21.9. The second-order valence-electron chi connectivity index (χ2n) is 13.9. The number of halogens is 2. The number of aliphatic hydroxyl groups excluding tert-OH is 2. The van der Waals surface area contributed by atoms with Crippen molar-refractivity contribution in [2.24, 2.45) is 0 Å². The lowest BCUT2D eigenvalue weighted by atomic mass is 9.82. The van der Waals surface area contributed by atoms with Gasteiger partial charge in [-0.25, -0.2) is 0 Å². The van der Waals surface area contributed by atoms with Crippen molar-refractivity contribution < 1.29 is 72.3 Å². The van der Waals surface area contributed by atoms with Gasteiger partial charge < -0.3 is 53.1 Å². The molecule has 2 heterocycles. The average molecular weight is 783 g/mol. The van der Waals surface area contributed by atoms with Crippen molar-refractivity contribution in [3.05, 3.63) is 70.8 Å². The van der Waals surface area contributed by atoms with E-state index in [4.69, 9.17) is 0 Å². The van der Waals surface area contributed by atoms with Gasteiger partial charge in [0.1, 0.15) is 13.1 Å². The van der Waals surface area contributed by atoms with Crippen LogP contribution in [0, 0.1) is 0 Å². The van der Waals surface area contributed by atoms with Gasteiger partial charge >= 0.3 is 0 Å². The van der Waals surface area contributed by atoms with Crippen LogP contribution in [0.25, 0.3) is 43.1 Å². The number of imide groups is 2. The lowest BCUT2D eigenvalue weighted by Gasteiger charge is -2.34. The molecule has 2 aliphatic rings. The highest BCUT2D eigenvalue weighted by Crippen LogP contribution is 2.46. The third-order valence-corrected chi connectivity index (χ3v) is 10.1. The van der Waals surface area contributed by atoms with Crippen LogP contribution >= 0.6 is 0 Å². The van der Waals surface area contributed by atoms with Crippen LogP contribution in [0.2, 0.25) is 0 Å². The number of likely N-dealkylation sites (N-methyl/N-ethyl adjacent to an activating group) is 2. The van der Waals surface area contributed by atoms with Gasteiger partial charge in [0, 0.05) is 33.0 Å². The van der Waals surface area contributed by atoms with Gasteiger partial charge in [-0.1, -0.05) is 24.3 Å². The first-order valence-corrected chi connectivity index (χ1v) is 15.7. The molecule has 0 spiro atoms. The summed E-state index contributed by atoms with van der Waals surface area (Å²) in [6.45, 7) is 2.57. The molecular weight excluding hydrogens is 744 g/mol. The van der Waals surface area contributed by atoms with Crippen molar-refractivity contribution >= 4 is 66.7 Å². The van der Waals surface area contributed by atoms with E-state index in [1.807, 2.05) is 52.5 Å². The Morgan fingerprint density at radius 2 is 0.729 bits per heavy atom. The zero-order valence-corrected chi connectivity index (χ0v) is 30.5. The SMILES string of the molecule is C[N+](C)(CCO)CCN1C(=O)c2ccc3c4ccc5c6c(ccc(c7ccc(c2c37)C1=O)c64)C(=O)N(CC[N+](C)(C)CCO)C5=O.[Br-].[Br-]. The molecule has 0 unspecified atom stereocenters. The predicted octanol–water partition coefficient (Wildman–Crippen LogP) is -2.93. The van der Waals surface area contributed by atoms with Gasteiger partial charge in [-0.3, -0.25) is 29.0 Å². The molecule has 0 fully saturated rings. The zero-order valence-electron chi connectivity index (χ0n) is 27.3. The standard InChI is InChI=1S/C36H38N4O6.2BrH/c1-39(2,17-19-41)15-13-37-33(43)25-9-5-21-23-7-11-27-32-28(36(46)38(35(27)45)14-16-40(3,4)18-20-42)12-8-24(30(23)32)22-6-10-26(34(37)44)31(25)29(21)22;;/h5-12,41-42H,13-20H2,1-4H3;2*1H/q+2;;/p-2. The fraction of sp³-hybridized carbons (Fsp3) is 0.333. The van der Waals surface area contributed by atoms with Crippen LogP contribution in [-0.2, 0) is 0 Å². The smallest absolute Gasteiger partial charge is 0.261 e. The number of hydrogen-bond acceptors (Lipinski definition) is 6. The van der Waals surface area contributed by atoms with Gasteiger partial charge in [-0.05, 0) is 56.6 Å². The first-order valence-electron chi connectivity index (χ1n) is 15.7. The van der Waals surface area contributed by atoms with E-state index in [1.165, 1.54) is 9.80 Å². The molecule has 7 rings (SSSR count). The monoisotopic (exact) mass is 780 g/mol. The highest BCUT2D eigenvalue weighted by Gasteiger charge is 2.38. The normalized spacial score (nSPS) is 14.9. The summed E-state index contributed by atoms with van der Waals surface area (Å²) < 4.78 is 0.949. The van der Waals surface area contributed by atoms with Crippen molar-refractivity contribution in [3.8, 4) is 0 Å². The predicted molar refractivity (Wildman–Crippen MR) is 176 cm³/mol. The number of benzene rings is 5. The molecule has 5 aromatic rings. The number of rotatable bonds is 10. The maximum atomic E-state index is 13.8. The molecule has 2 aliphatic heterocycles. The van der Waals surface area contributed by atoms with E-state index in [0.29, 0.717) is 68.2 Å². The van der Waals surface area contributed by atoms with Crippen LogP contribution in [0.3, 0.4) is 0 Å². The van der Waals surface area contributed by atoms with E-state index in [2.05, 4.69) is 0 Å². The summed E-state index contributed by atoms with van der Waals surface area (Å²) in [6, 6.07) is 14.8. The minimum Gasteiger partial charge on any atom is -1.00 e. The van der Waals surface area contributed by atoms with Crippen LogP contribution in [0.1, 0.15) is 41.4 Å². The minimum absolute atomic E-state index is 0. The summed E-state index contributed by atoms with van der Waals surface area (Å²) in [5.74, 6) is -1.34. The number of carbonyl (C=O) groups excluding carboxylic acids is 4. The molecule has 5 aromatic carbocycles. The molecule has 0 atom stereocenters. The summed E-state index contributed by atoms with van der Waals surface area (Å²) in [5.41, 5.74) is 1.89. The Morgan fingerprint density at radius 1 is 0.458 bits per heavy atom. The molecule has 0 radical (unpaired) electrons. The average Bonchev–Trinajstić information content (AvgIpc) is 3.01.